The molecule has 2 aliphatic rings. The van der Waals surface area contributed by atoms with Crippen molar-refractivity contribution >= 4 is 17.9 Å². The quantitative estimate of drug-likeness (QED) is 0.410. The van der Waals surface area contributed by atoms with Crippen LogP contribution in [0.2, 0.25) is 0 Å². The highest BCUT2D eigenvalue weighted by Crippen LogP contribution is 2.29. The van der Waals surface area contributed by atoms with Crippen LogP contribution in [0.5, 0.6) is 0 Å². The number of alkyl carbamates (subject to hydrolysis) is 1. The molecular formula is C32H45N5O4. The molecule has 4 atom stereocenters. The smallest absolute Gasteiger partial charge is 0.409 e. The number of benzene rings is 2. The van der Waals surface area contributed by atoms with Crippen LogP contribution in [-0.4, -0.2) is 79.2 Å². The van der Waals surface area contributed by atoms with Crippen LogP contribution in [0.15, 0.2) is 54.6 Å². The summed E-state index contributed by atoms with van der Waals surface area (Å²) in [6, 6.07) is 17.2. The second kappa shape index (κ2) is 14.5. The number of nitrogens with one attached hydrogen (secondary N) is 3. The molecule has 0 spiro atoms. The van der Waals surface area contributed by atoms with Gasteiger partial charge in [-0.2, -0.15) is 0 Å². The molecule has 0 aromatic heterocycles. The summed E-state index contributed by atoms with van der Waals surface area (Å²) >= 11 is 0. The van der Waals surface area contributed by atoms with Crippen LogP contribution in [-0.2, 0) is 27.2 Å². The van der Waals surface area contributed by atoms with Gasteiger partial charge in [0, 0.05) is 19.6 Å². The highest BCUT2D eigenvalue weighted by molar-refractivity contribution is 5.90. The topological polar surface area (TPSA) is 103 Å². The van der Waals surface area contributed by atoms with Crippen LogP contribution in [0, 0.1) is 5.92 Å². The number of piperazine rings is 1. The molecule has 1 unspecified atom stereocenters. The van der Waals surface area contributed by atoms with E-state index >= 15 is 0 Å². The average molecular weight is 564 g/mol. The van der Waals surface area contributed by atoms with E-state index in [1.54, 1.807) is 18.9 Å². The Morgan fingerprint density at radius 3 is 2.46 bits per heavy atom. The van der Waals surface area contributed by atoms with Crippen molar-refractivity contribution in [3.8, 4) is 0 Å². The number of aryl methyl sites for hydroxylation is 1. The summed E-state index contributed by atoms with van der Waals surface area (Å²) in [6.45, 7) is 7.81. The Balaban J connectivity index is 1.48. The van der Waals surface area contributed by atoms with E-state index < -0.39 is 24.4 Å². The maximum atomic E-state index is 13.9. The van der Waals surface area contributed by atoms with Gasteiger partial charge in [0.1, 0.15) is 6.04 Å². The zero-order valence-electron chi connectivity index (χ0n) is 24.8. The Morgan fingerprint density at radius 2 is 1.73 bits per heavy atom. The number of hydrogen-bond donors (Lipinski definition) is 3. The summed E-state index contributed by atoms with van der Waals surface area (Å²) in [5, 5.41) is 8.90. The van der Waals surface area contributed by atoms with Gasteiger partial charge in [0.05, 0.1) is 18.6 Å². The van der Waals surface area contributed by atoms with Crippen molar-refractivity contribution in [2.24, 2.45) is 5.92 Å². The van der Waals surface area contributed by atoms with Crippen molar-refractivity contribution in [1.29, 1.82) is 0 Å². The Hall–Kier alpha value is -3.43. The third kappa shape index (κ3) is 8.07. The standard InChI is InChI=1S/C32H45N5O4/c1-22(2)29(35-30(38)23(3)33-4)31(39)37-20-19-36(18-17-24-11-6-5-7-12-24)21-28(37)41-32(40)34-27-16-10-14-25-13-8-9-15-26(25)27/h5-9,11-13,15,22-23,27-29,33H,10,14,16-21H2,1-4H3,(H,34,40)(H,35,38)/t23-,27?,28-,29-/m0/s1. The summed E-state index contributed by atoms with van der Waals surface area (Å²) in [4.78, 5) is 43.7. The molecule has 4 rings (SSSR count). The highest BCUT2D eigenvalue weighted by atomic mass is 16.6. The molecule has 0 bridgehead atoms. The fourth-order valence-corrected chi connectivity index (χ4v) is 5.60. The van der Waals surface area contributed by atoms with E-state index in [9.17, 15) is 14.4 Å². The minimum absolute atomic E-state index is 0.125. The molecule has 9 nitrogen and oxygen atoms in total. The first-order valence-electron chi connectivity index (χ1n) is 14.9. The number of ether oxygens (including phenoxy) is 1. The summed E-state index contributed by atoms with van der Waals surface area (Å²) < 4.78 is 6.02. The molecule has 0 radical (unpaired) electrons. The summed E-state index contributed by atoms with van der Waals surface area (Å²) in [5.41, 5.74) is 3.60. The molecule has 41 heavy (non-hydrogen) atoms. The normalized spacial score (nSPS) is 20.6. The number of fused-ring (bicyclic) bond motifs is 1. The van der Waals surface area contributed by atoms with Crippen LogP contribution >= 0.6 is 0 Å². The molecule has 3 N–H and O–H groups in total. The lowest BCUT2D eigenvalue weighted by atomic mass is 9.88. The van der Waals surface area contributed by atoms with Crippen molar-refractivity contribution in [2.75, 3.05) is 33.2 Å². The molecule has 2 aromatic rings. The molecule has 1 saturated heterocycles. The number of nitrogens with zero attached hydrogens (tertiary/aromatic N) is 2. The second-order valence-corrected chi connectivity index (χ2v) is 11.5. The van der Waals surface area contributed by atoms with Gasteiger partial charge < -0.3 is 25.6 Å². The predicted octanol–water partition coefficient (Wildman–Crippen LogP) is 3.25. The van der Waals surface area contributed by atoms with Gasteiger partial charge in [-0.05, 0) is 62.3 Å². The molecule has 1 aliphatic carbocycles. The van der Waals surface area contributed by atoms with Crippen molar-refractivity contribution in [1.82, 2.24) is 25.8 Å². The number of carbonyl (C=O) groups excluding carboxylic acids is 3. The van der Waals surface area contributed by atoms with Gasteiger partial charge in [-0.1, -0.05) is 68.4 Å². The van der Waals surface area contributed by atoms with E-state index in [-0.39, 0.29) is 23.8 Å². The van der Waals surface area contributed by atoms with Gasteiger partial charge in [0.15, 0.2) is 6.23 Å². The van der Waals surface area contributed by atoms with Crippen molar-refractivity contribution in [3.05, 3.63) is 71.3 Å². The maximum Gasteiger partial charge on any atom is 0.409 e. The van der Waals surface area contributed by atoms with Gasteiger partial charge in [-0.25, -0.2) is 4.79 Å². The number of hydrogen-bond acceptors (Lipinski definition) is 6. The zero-order chi connectivity index (χ0) is 29.4. The predicted molar refractivity (Wildman–Crippen MR) is 159 cm³/mol. The molecule has 1 aliphatic heterocycles. The monoisotopic (exact) mass is 563 g/mol. The highest BCUT2D eigenvalue weighted by Gasteiger charge is 2.38. The number of likely N-dealkylation sites (N-methyl/N-ethyl adjacent to an activating group) is 1. The molecule has 3 amide bonds. The third-order valence-electron chi connectivity index (χ3n) is 8.22. The Bertz CT molecular complexity index is 1170. The van der Waals surface area contributed by atoms with Gasteiger partial charge in [0.25, 0.3) is 0 Å². The van der Waals surface area contributed by atoms with E-state index in [0.717, 1.165) is 37.8 Å². The summed E-state index contributed by atoms with van der Waals surface area (Å²) in [5.74, 6) is -0.618. The molecule has 1 heterocycles. The molecule has 0 saturated carbocycles. The lowest BCUT2D eigenvalue weighted by Gasteiger charge is -2.42. The van der Waals surface area contributed by atoms with Crippen molar-refractivity contribution < 1.29 is 19.1 Å². The maximum absolute atomic E-state index is 13.9. The van der Waals surface area contributed by atoms with E-state index in [0.29, 0.717) is 19.6 Å². The van der Waals surface area contributed by atoms with Crippen LogP contribution in [0.1, 0.15) is 56.3 Å². The molecule has 222 valence electrons. The Kier molecular flexibility index (Phi) is 10.8. The number of rotatable bonds is 10. The number of amides is 3. The van der Waals surface area contributed by atoms with Gasteiger partial charge in [-0.15, -0.1) is 0 Å². The molecule has 2 aromatic carbocycles. The molecular weight excluding hydrogens is 518 g/mol. The molecule has 9 heteroatoms. The Morgan fingerprint density at radius 1 is 1.00 bits per heavy atom. The third-order valence-corrected chi connectivity index (χ3v) is 8.22. The summed E-state index contributed by atoms with van der Waals surface area (Å²) in [6.07, 6.45) is 2.38. The van der Waals surface area contributed by atoms with Gasteiger partial charge in [-0.3, -0.25) is 14.5 Å². The fourth-order valence-electron chi connectivity index (χ4n) is 5.60. The van der Waals surface area contributed by atoms with Gasteiger partial charge >= 0.3 is 6.09 Å². The van der Waals surface area contributed by atoms with Gasteiger partial charge in [0.2, 0.25) is 11.8 Å². The van der Waals surface area contributed by atoms with E-state index in [1.165, 1.54) is 11.1 Å². The van der Waals surface area contributed by atoms with E-state index in [1.807, 2.05) is 44.2 Å². The number of carbonyl (C=O) groups is 3. The minimum Gasteiger partial charge on any atom is -0.424 e. The minimum atomic E-state index is -0.772. The van der Waals surface area contributed by atoms with Crippen LogP contribution in [0.25, 0.3) is 0 Å². The largest absolute Gasteiger partial charge is 0.424 e. The van der Waals surface area contributed by atoms with E-state index in [2.05, 4.69) is 45.1 Å². The fraction of sp³-hybridized carbons (Fsp3) is 0.531. The zero-order valence-corrected chi connectivity index (χ0v) is 24.8. The Labute approximate surface area is 244 Å². The first-order chi connectivity index (χ1) is 19.8. The van der Waals surface area contributed by atoms with Crippen molar-refractivity contribution in [2.45, 2.75) is 70.8 Å². The van der Waals surface area contributed by atoms with E-state index in [4.69, 9.17) is 4.74 Å². The molecule has 1 fully saturated rings. The van der Waals surface area contributed by atoms with Crippen LogP contribution < -0.4 is 16.0 Å². The summed E-state index contributed by atoms with van der Waals surface area (Å²) in [7, 11) is 1.71. The average Bonchev–Trinajstić information content (AvgIpc) is 2.98. The first kappa shape index (κ1) is 30.5. The lowest BCUT2D eigenvalue weighted by molar-refractivity contribution is -0.152. The SMILES string of the molecule is CN[C@@H](C)C(=O)N[C@H](C(=O)N1CCN(CCc2ccccc2)C[C@@H]1OC(=O)NC1CCCc2ccccc21)C(C)C. The first-order valence-corrected chi connectivity index (χ1v) is 14.9. The van der Waals surface area contributed by atoms with Crippen LogP contribution in [0.4, 0.5) is 4.79 Å². The second-order valence-electron chi connectivity index (χ2n) is 11.5. The van der Waals surface area contributed by atoms with Crippen molar-refractivity contribution in [3.63, 3.8) is 0 Å². The van der Waals surface area contributed by atoms with Crippen LogP contribution in [0.3, 0.4) is 0 Å². The lowest BCUT2D eigenvalue weighted by Crippen LogP contribution is -2.62.